The second-order valence-corrected chi connectivity index (χ2v) is 7.48. The molecule has 0 aliphatic rings. The SMILES string of the molecule is CCOc1cccn2c(C(=O)N[C@@H](c3ccccc3)c3cccc(C(=O)OC)c3)c(C)nc12. The number of amides is 1. The molecule has 4 aromatic rings. The van der Waals surface area contributed by atoms with Crippen molar-refractivity contribution in [2.75, 3.05) is 13.7 Å². The van der Waals surface area contributed by atoms with Gasteiger partial charge in [0, 0.05) is 6.20 Å². The van der Waals surface area contributed by atoms with Gasteiger partial charge in [-0.15, -0.1) is 0 Å². The molecule has 0 saturated carbocycles. The van der Waals surface area contributed by atoms with Gasteiger partial charge in [-0.3, -0.25) is 9.20 Å². The van der Waals surface area contributed by atoms with Crippen LogP contribution in [0.5, 0.6) is 5.75 Å². The summed E-state index contributed by atoms with van der Waals surface area (Å²) in [6, 6.07) is 19.8. The summed E-state index contributed by atoms with van der Waals surface area (Å²) < 4.78 is 12.3. The predicted molar refractivity (Wildman–Crippen MR) is 125 cm³/mol. The summed E-state index contributed by atoms with van der Waals surface area (Å²) >= 11 is 0. The van der Waals surface area contributed by atoms with Crippen LogP contribution in [0.1, 0.15) is 50.6 Å². The maximum atomic E-state index is 13.5. The van der Waals surface area contributed by atoms with Crippen LogP contribution in [0.4, 0.5) is 0 Å². The Hall–Kier alpha value is -4.13. The molecule has 0 radical (unpaired) electrons. The number of nitrogens with zero attached hydrogens (tertiary/aromatic N) is 2. The average molecular weight is 444 g/mol. The van der Waals surface area contributed by atoms with Gasteiger partial charge in [-0.1, -0.05) is 42.5 Å². The molecule has 2 aromatic heterocycles. The molecule has 4 rings (SSSR count). The van der Waals surface area contributed by atoms with E-state index in [1.165, 1.54) is 7.11 Å². The van der Waals surface area contributed by atoms with Crippen LogP contribution in [0.15, 0.2) is 72.9 Å². The highest BCUT2D eigenvalue weighted by Crippen LogP contribution is 2.26. The zero-order valence-corrected chi connectivity index (χ0v) is 18.7. The molecule has 0 aliphatic heterocycles. The fraction of sp³-hybridized carbons (Fsp3) is 0.192. The summed E-state index contributed by atoms with van der Waals surface area (Å²) in [4.78, 5) is 30.2. The van der Waals surface area contributed by atoms with E-state index >= 15 is 0 Å². The van der Waals surface area contributed by atoms with E-state index in [1.807, 2.05) is 55.5 Å². The monoisotopic (exact) mass is 443 g/mol. The number of hydrogen-bond donors (Lipinski definition) is 1. The van der Waals surface area contributed by atoms with Crippen molar-refractivity contribution in [3.05, 3.63) is 101 Å². The van der Waals surface area contributed by atoms with Crippen LogP contribution >= 0.6 is 0 Å². The van der Waals surface area contributed by atoms with E-state index in [2.05, 4.69) is 10.3 Å². The van der Waals surface area contributed by atoms with Crippen LogP contribution in [-0.4, -0.2) is 35.0 Å². The van der Waals surface area contributed by atoms with Crippen molar-refractivity contribution in [3.8, 4) is 5.75 Å². The number of benzene rings is 2. The number of aryl methyl sites for hydroxylation is 1. The van der Waals surface area contributed by atoms with Crippen molar-refractivity contribution in [3.63, 3.8) is 0 Å². The van der Waals surface area contributed by atoms with E-state index in [0.717, 1.165) is 11.1 Å². The normalized spacial score (nSPS) is 11.7. The molecule has 0 spiro atoms. The summed E-state index contributed by atoms with van der Waals surface area (Å²) in [5.41, 5.74) is 3.67. The van der Waals surface area contributed by atoms with Crippen molar-refractivity contribution in [2.45, 2.75) is 19.9 Å². The molecule has 2 heterocycles. The van der Waals surface area contributed by atoms with Crippen LogP contribution < -0.4 is 10.1 Å². The lowest BCUT2D eigenvalue weighted by molar-refractivity contribution is 0.0600. The number of pyridine rings is 1. The third-order valence-electron chi connectivity index (χ3n) is 5.35. The summed E-state index contributed by atoms with van der Waals surface area (Å²) in [5, 5.41) is 3.13. The number of carbonyl (C=O) groups is 2. The molecule has 0 saturated heterocycles. The Kier molecular flexibility index (Phi) is 6.40. The highest BCUT2D eigenvalue weighted by atomic mass is 16.5. The van der Waals surface area contributed by atoms with Crippen molar-refractivity contribution in [1.82, 2.24) is 14.7 Å². The maximum Gasteiger partial charge on any atom is 0.337 e. The van der Waals surface area contributed by atoms with Gasteiger partial charge in [0.05, 0.1) is 31.0 Å². The Morgan fingerprint density at radius 3 is 2.52 bits per heavy atom. The number of hydrogen-bond acceptors (Lipinski definition) is 5. The fourth-order valence-electron chi connectivity index (χ4n) is 3.86. The van der Waals surface area contributed by atoms with E-state index in [0.29, 0.717) is 35.0 Å². The molecule has 0 fully saturated rings. The minimum atomic E-state index is -0.483. The molecule has 7 heteroatoms. The van der Waals surface area contributed by atoms with Crippen molar-refractivity contribution >= 4 is 17.5 Å². The second-order valence-electron chi connectivity index (χ2n) is 7.48. The highest BCUT2D eigenvalue weighted by Gasteiger charge is 2.24. The number of rotatable bonds is 7. The maximum absolute atomic E-state index is 13.5. The Morgan fingerprint density at radius 1 is 1.03 bits per heavy atom. The third-order valence-corrected chi connectivity index (χ3v) is 5.35. The highest BCUT2D eigenvalue weighted by molar-refractivity contribution is 5.95. The Morgan fingerprint density at radius 2 is 1.79 bits per heavy atom. The number of aromatic nitrogens is 2. The van der Waals surface area contributed by atoms with E-state index < -0.39 is 12.0 Å². The van der Waals surface area contributed by atoms with E-state index in [-0.39, 0.29) is 5.91 Å². The smallest absolute Gasteiger partial charge is 0.337 e. The molecule has 0 unspecified atom stereocenters. The molecule has 1 amide bonds. The number of carbonyl (C=O) groups excluding carboxylic acids is 2. The fourth-order valence-corrected chi connectivity index (χ4v) is 3.86. The number of nitrogens with one attached hydrogen (secondary N) is 1. The number of methoxy groups -OCH3 is 1. The molecule has 0 aliphatic carbocycles. The lowest BCUT2D eigenvalue weighted by atomic mass is 9.97. The van der Waals surface area contributed by atoms with Gasteiger partial charge >= 0.3 is 5.97 Å². The first-order chi connectivity index (χ1) is 16.0. The van der Waals surface area contributed by atoms with E-state index in [9.17, 15) is 9.59 Å². The van der Waals surface area contributed by atoms with Gasteiger partial charge in [-0.2, -0.15) is 0 Å². The quantitative estimate of drug-likeness (QED) is 0.430. The van der Waals surface area contributed by atoms with Crippen LogP contribution in [0.25, 0.3) is 5.65 Å². The second kappa shape index (κ2) is 9.56. The molecule has 1 atom stereocenters. The van der Waals surface area contributed by atoms with Crippen molar-refractivity contribution in [2.24, 2.45) is 0 Å². The standard InChI is InChI=1S/C26H25N3O4/c1-4-33-21-14-9-15-29-23(17(2)27-24(21)29)25(30)28-22(18-10-6-5-7-11-18)19-12-8-13-20(16-19)26(31)32-3/h5-16,22H,4H2,1-3H3,(H,28,30)/t22-/m0/s1. The Bertz CT molecular complexity index is 1300. The Labute approximate surface area is 192 Å². The van der Waals surface area contributed by atoms with Crippen LogP contribution in [-0.2, 0) is 4.74 Å². The van der Waals surface area contributed by atoms with Gasteiger partial charge in [-0.05, 0) is 49.2 Å². The van der Waals surface area contributed by atoms with Crippen LogP contribution in [0.3, 0.4) is 0 Å². The lowest BCUT2D eigenvalue weighted by Crippen LogP contribution is -2.31. The zero-order valence-electron chi connectivity index (χ0n) is 18.7. The average Bonchev–Trinajstić information content (AvgIpc) is 3.19. The predicted octanol–water partition coefficient (Wildman–Crippen LogP) is 4.35. The summed E-state index contributed by atoms with van der Waals surface area (Å²) in [5.74, 6) is -0.102. The molecule has 1 N–H and O–H groups in total. The topological polar surface area (TPSA) is 81.9 Å². The van der Waals surface area contributed by atoms with Crippen molar-refractivity contribution < 1.29 is 19.1 Å². The Balaban J connectivity index is 1.75. The molecule has 7 nitrogen and oxygen atoms in total. The minimum absolute atomic E-state index is 0.286. The minimum Gasteiger partial charge on any atom is -0.490 e. The molecule has 168 valence electrons. The van der Waals surface area contributed by atoms with Crippen LogP contribution in [0.2, 0.25) is 0 Å². The largest absolute Gasteiger partial charge is 0.490 e. The first-order valence-corrected chi connectivity index (χ1v) is 10.7. The summed E-state index contributed by atoms with van der Waals surface area (Å²) in [7, 11) is 1.34. The lowest BCUT2D eigenvalue weighted by Gasteiger charge is -2.20. The number of ether oxygens (including phenoxy) is 2. The van der Waals surface area contributed by atoms with Gasteiger partial charge in [0.25, 0.3) is 5.91 Å². The number of fused-ring (bicyclic) bond motifs is 1. The number of imidazole rings is 1. The van der Waals surface area contributed by atoms with Gasteiger partial charge < -0.3 is 14.8 Å². The number of esters is 1. The first kappa shape index (κ1) is 22.1. The van der Waals surface area contributed by atoms with Gasteiger partial charge in [-0.25, -0.2) is 9.78 Å². The molecule has 0 bridgehead atoms. The molecular formula is C26H25N3O4. The van der Waals surface area contributed by atoms with Gasteiger partial charge in [0.15, 0.2) is 11.4 Å². The zero-order chi connectivity index (χ0) is 23.4. The van der Waals surface area contributed by atoms with Gasteiger partial charge in [0.2, 0.25) is 0 Å². The van der Waals surface area contributed by atoms with E-state index in [4.69, 9.17) is 9.47 Å². The van der Waals surface area contributed by atoms with Gasteiger partial charge in [0.1, 0.15) is 5.69 Å². The van der Waals surface area contributed by atoms with Crippen molar-refractivity contribution in [1.29, 1.82) is 0 Å². The summed E-state index contributed by atoms with van der Waals surface area (Å²) in [6.07, 6.45) is 1.79. The molecule has 33 heavy (non-hydrogen) atoms. The van der Waals surface area contributed by atoms with E-state index in [1.54, 1.807) is 35.7 Å². The molecule has 2 aromatic carbocycles. The first-order valence-electron chi connectivity index (χ1n) is 10.7. The third kappa shape index (κ3) is 4.43. The molecular weight excluding hydrogens is 418 g/mol. The van der Waals surface area contributed by atoms with Crippen LogP contribution in [0, 0.1) is 6.92 Å². The summed E-state index contributed by atoms with van der Waals surface area (Å²) in [6.45, 7) is 4.20.